The van der Waals surface area contributed by atoms with Crippen LogP contribution in [0.5, 0.6) is 0 Å². The minimum atomic E-state index is -5.22. The first-order valence-electron chi connectivity index (χ1n) is 9.07. The first-order chi connectivity index (χ1) is 14.8. The molecule has 0 aliphatic carbocycles. The number of benzene rings is 1. The second-order valence-corrected chi connectivity index (χ2v) is 9.17. The number of nitrogens with one attached hydrogen (secondary N) is 1. The third-order valence-electron chi connectivity index (χ3n) is 4.84. The summed E-state index contributed by atoms with van der Waals surface area (Å²) in [5.74, 6) is -1.39. The number of aliphatic carboxylic acids is 1. The molecule has 0 fully saturated rings. The highest BCUT2D eigenvalue weighted by molar-refractivity contribution is 7.74. The average Bonchev–Trinajstić information content (AvgIpc) is 2.69. The van der Waals surface area contributed by atoms with Crippen molar-refractivity contribution in [3.63, 3.8) is 0 Å². The van der Waals surface area contributed by atoms with E-state index in [0.717, 1.165) is 12.3 Å². The lowest BCUT2D eigenvalue weighted by Crippen LogP contribution is -2.46. The molecule has 3 atom stereocenters. The maximum Gasteiger partial charge on any atom is 0.422 e. The van der Waals surface area contributed by atoms with E-state index in [1.54, 1.807) is 12.1 Å². The largest absolute Gasteiger partial charge is 0.480 e. The highest BCUT2D eigenvalue weighted by Gasteiger charge is 2.56. The van der Waals surface area contributed by atoms with Gasteiger partial charge in [-0.2, -0.15) is 23.8 Å². The quantitative estimate of drug-likeness (QED) is 0.365. The van der Waals surface area contributed by atoms with Gasteiger partial charge in [0.25, 0.3) is 0 Å². The number of nitrogens with two attached hydrogens (primary N) is 1. The van der Waals surface area contributed by atoms with E-state index in [1.165, 1.54) is 12.1 Å². The van der Waals surface area contributed by atoms with Gasteiger partial charge < -0.3 is 24.9 Å². The van der Waals surface area contributed by atoms with Gasteiger partial charge in [0.2, 0.25) is 5.60 Å². The fourth-order valence-electron chi connectivity index (χ4n) is 2.99. The molecule has 0 aliphatic rings. The van der Waals surface area contributed by atoms with E-state index < -0.39 is 51.7 Å². The van der Waals surface area contributed by atoms with E-state index in [4.69, 9.17) is 38.8 Å². The van der Waals surface area contributed by atoms with Crippen LogP contribution in [0.4, 0.5) is 13.2 Å². The monoisotopic (exact) mass is 512 g/mol. The Hall–Kier alpha value is -1.92. The minimum absolute atomic E-state index is 0.248. The number of aromatic nitrogens is 1. The molecule has 2 rings (SSSR count). The summed E-state index contributed by atoms with van der Waals surface area (Å²) in [6.07, 6.45) is -5.98. The first-order valence-corrected chi connectivity index (χ1v) is 11.0. The fourth-order valence-corrected chi connectivity index (χ4v) is 4.25. The minimum Gasteiger partial charge on any atom is -0.480 e. The summed E-state index contributed by atoms with van der Waals surface area (Å²) in [4.78, 5) is 14.6. The lowest BCUT2D eigenvalue weighted by Gasteiger charge is -2.35. The number of rotatable bonds is 9. The number of aliphatic hydroxyl groups is 1. The first kappa shape index (κ1) is 26.3. The normalized spacial score (nSPS) is 15.9. The average molecular weight is 513 g/mol. The molecule has 1 aromatic heterocycles. The summed E-state index contributed by atoms with van der Waals surface area (Å²) in [7, 11) is -2.54. The van der Waals surface area contributed by atoms with Crippen LogP contribution in [0.3, 0.4) is 0 Å². The highest BCUT2D eigenvalue weighted by Crippen LogP contribution is 2.43. The number of alkyl halides is 3. The maximum atomic E-state index is 13.9. The van der Waals surface area contributed by atoms with E-state index >= 15 is 0 Å². The number of hydrogen-bond acceptors (Lipinski definition) is 7. The van der Waals surface area contributed by atoms with E-state index in [9.17, 15) is 27.3 Å². The number of carbonyl (C=O) groups is 1. The zero-order valence-corrected chi connectivity index (χ0v) is 18.6. The Kier molecular flexibility index (Phi) is 8.51. The molecular weight excluding hydrogens is 494 g/mol. The van der Waals surface area contributed by atoms with Crippen molar-refractivity contribution in [2.45, 2.75) is 42.3 Å². The molecule has 7 nitrogen and oxygen atoms in total. The van der Waals surface area contributed by atoms with Crippen LogP contribution in [0, 0.1) is 4.78 Å². The molecule has 1 aromatic carbocycles. The van der Waals surface area contributed by atoms with Crippen LogP contribution < -0.4 is 5.73 Å². The lowest BCUT2D eigenvalue weighted by molar-refractivity contribution is -0.270. The van der Waals surface area contributed by atoms with Crippen molar-refractivity contribution in [1.29, 1.82) is 4.78 Å². The van der Waals surface area contributed by atoms with Gasteiger partial charge in [-0.25, -0.2) is 0 Å². The smallest absolute Gasteiger partial charge is 0.422 e. The second-order valence-electron chi connectivity index (χ2n) is 7.06. The Labute approximate surface area is 193 Å². The van der Waals surface area contributed by atoms with Gasteiger partial charge in [0.15, 0.2) is 0 Å². The Morgan fingerprint density at radius 2 is 1.88 bits per heavy atom. The number of nitrogens with zero attached hydrogens (tertiary/aromatic N) is 1. The third-order valence-corrected chi connectivity index (χ3v) is 6.40. The van der Waals surface area contributed by atoms with Crippen molar-refractivity contribution in [3.05, 3.63) is 52.3 Å². The number of pyridine rings is 1. The van der Waals surface area contributed by atoms with Crippen LogP contribution in [0.1, 0.15) is 25.0 Å². The van der Waals surface area contributed by atoms with E-state index in [0.29, 0.717) is 16.1 Å². The molecule has 176 valence electrons. The summed E-state index contributed by atoms with van der Waals surface area (Å²) in [6.45, 7) is 0. The summed E-state index contributed by atoms with van der Waals surface area (Å²) in [5.41, 5.74) is 1.88. The number of carboxylic acids is 1. The Morgan fingerprint density at radius 1 is 1.22 bits per heavy atom. The number of hydrogen-bond donors (Lipinski definition) is 4. The standard InChI is InChI=1S/C19H19Cl2F3N3O4S/c20-11-2-4-13(14(21)7-11)10-1-6-16(27-9-10)18(30,19(22,23)24)8-12(32(26)31)3-5-15(25)17(28)29/h1-2,4,6-7,9,12,15,26,30H,3,5,8,25H2,(H,28,29)/q-1/t12-,15-,18?/m0/s1. The molecule has 1 heterocycles. The summed E-state index contributed by atoms with van der Waals surface area (Å²) in [6, 6.07) is 5.39. The van der Waals surface area contributed by atoms with Crippen LogP contribution in [-0.4, -0.2) is 38.6 Å². The van der Waals surface area contributed by atoms with Gasteiger partial charge in [0, 0.05) is 27.4 Å². The van der Waals surface area contributed by atoms with Gasteiger partial charge in [-0.15, -0.1) is 0 Å². The topological polar surface area (TPSA) is 137 Å². The van der Waals surface area contributed by atoms with Crippen molar-refractivity contribution in [3.8, 4) is 11.1 Å². The van der Waals surface area contributed by atoms with Crippen LogP contribution >= 0.6 is 23.2 Å². The second kappa shape index (κ2) is 10.3. The Bertz CT molecular complexity index is 1040. The van der Waals surface area contributed by atoms with Gasteiger partial charge in [-0.1, -0.05) is 47.0 Å². The molecule has 0 saturated carbocycles. The van der Waals surface area contributed by atoms with Crippen molar-refractivity contribution in [2.24, 2.45) is 5.73 Å². The Balaban J connectivity index is 2.38. The lowest BCUT2D eigenvalue weighted by atomic mass is 9.90. The van der Waals surface area contributed by atoms with Crippen LogP contribution in [0.25, 0.3) is 11.1 Å². The van der Waals surface area contributed by atoms with Crippen LogP contribution in [0.15, 0.2) is 36.5 Å². The number of halogens is 5. The molecule has 0 spiro atoms. The SMILES string of the molecule is N=[S-](=O)[C@@H](CC[C@H](N)C(=O)O)CC(O)(c1ccc(-c2ccc(Cl)cc2Cl)cn1)C(F)(F)F. The molecular formula is C19H19Cl2F3N3O4S-. The third kappa shape index (κ3) is 6.10. The predicted octanol–water partition coefficient (Wildman–Crippen LogP) is 4.48. The maximum absolute atomic E-state index is 13.9. The van der Waals surface area contributed by atoms with Crippen molar-refractivity contribution in [1.82, 2.24) is 4.98 Å². The number of carboxylic acid groups (broad SMARTS) is 1. The van der Waals surface area contributed by atoms with Gasteiger partial charge in [0.1, 0.15) is 6.04 Å². The Morgan fingerprint density at radius 3 is 2.34 bits per heavy atom. The summed E-state index contributed by atoms with van der Waals surface area (Å²) < 4.78 is 60.7. The van der Waals surface area contributed by atoms with Crippen molar-refractivity contribution < 1.29 is 32.4 Å². The van der Waals surface area contributed by atoms with Crippen molar-refractivity contribution in [2.75, 3.05) is 0 Å². The molecule has 0 bridgehead atoms. The summed E-state index contributed by atoms with van der Waals surface area (Å²) in [5, 5.41) is 18.5. The van der Waals surface area contributed by atoms with Crippen LogP contribution in [0.2, 0.25) is 10.0 Å². The molecule has 2 aromatic rings. The van der Waals surface area contributed by atoms with E-state index in [2.05, 4.69) is 4.98 Å². The molecule has 0 radical (unpaired) electrons. The van der Waals surface area contributed by atoms with Crippen LogP contribution in [-0.2, 0) is 25.2 Å². The van der Waals surface area contributed by atoms with Crippen molar-refractivity contribution >= 4 is 39.8 Å². The molecule has 0 saturated heterocycles. The van der Waals surface area contributed by atoms with E-state index in [-0.39, 0.29) is 17.9 Å². The van der Waals surface area contributed by atoms with Gasteiger partial charge in [-0.05, 0) is 31.0 Å². The van der Waals surface area contributed by atoms with Gasteiger partial charge >= 0.3 is 12.1 Å². The molecule has 0 aliphatic heterocycles. The summed E-state index contributed by atoms with van der Waals surface area (Å²) >= 11 is 11.9. The highest BCUT2D eigenvalue weighted by atomic mass is 35.5. The zero-order valence-electron chi connectivity index (χ0n) is 16.3. The molecule has 0 amide bonds. The molecule has 1 unspecified atom stereocenters. The molecule has 13 heteroatoms. The van der Waals surface area contributed by atoms with Gasteiger partial charge in [-0.3, -0.25) is 9.78 Å². The van der Waals surface area contributed by atoms with E-state index in [1.807, 2.05) is 0 Å². The predicted molar refractivity (Wildman–Crippen MR) is 114 cm³/mol. The fraction of sp³-hybridized carbons (Fsp3) is 0.368. The zero-order chi connectivity index (χ0) is 24.3. The molecule has 32 heavy (non-hydrogen) atoms. The van der Waals surface area contributed by atoms with Gasteiger partial charge in [0.05, 0.1) is 5.69 Å². The molecule has 5 N–H and O–H groups in total.